The molecule has 11 heteroatoms. The normalized spacial score (nSPS) is 12.8. The average Bonchev–Trinajstić information content (AvgIpc) is 2.95. The van der Waals surface area contributed by atoms with E-state index in [-0.39, 0.29) is 39.1 Å². The van der Waals surface area contributed by atoms with E-state index in [4.69, 9.17) is 27.9 Å². The largest absolute Gasteiger partial charge is 0.497 e. The Kier molecular flexibility index (Phi) is 11.1. The van der Waals surface area contributed by atoms with Gasteiger partial charge in [0.25, 0.3) is 10.0 Å². The molecule has 0 aromatic heterocycles. The summed E-state index contributed by atoms with van der Waals surface area (Å²) in [6.07, 6.45) is 0.709. The fourth-order valence-corrected chi connectivity index (χ4v) is 5.86. The van der Waals surface area contributed by atoms with Gasteiger partial charge in [0.15, 0.2) is 0 Å². The van der Waals surface area contributed by atoms with Crippen LogP contribution in [-0.2, 0) is 26.2 Å². The first kappa shape index (κ1) is 32.2. The maximum absolute atomic E-state index is 14.0. The molecule has 2 atom stereocenters. The SMILES string of the molecule is CCC(C)NC(=O)C(C)N(Cc1ccc(OC)cc1)C(=O)CN(c1cc(Cl)ccc1Cl)S(=O)(=O)c1ccc(C)cc1. The fraction of sp³-hybridized carbons (Fsp3) is 0.333. The number of hydrogen-bond donors (Lipinski definition) is 1. The van der Waals surface area contributed by atoms with Gasteiger partial charge in [-0.3, -0.25) is 13.9 Å². The maximum Gasteiger partial charge on any atom is 0.264 e. The Bertz CT molecular complexity index is 1460. The average molecular weight is 621 g/mol. The Balaban J connectivity index is 2.06. The molecule has 0 radical (unpaired) electrons. The lowest BCUT2D eigenvalue weighted by atomic mass is 10.1. The highest BCUT2D eigenvalue weighted by Gasteiger charge is 2.33. The molecule has 0 spiro atoms. The summed E-state index contributed by atoms with van der Waals surface area (Å²) in [5.74, 6) is -0.311. The van der Waals surface area contributed by atoms with Gasteiger partial charge in [-0.15, -0.1) is 0 Å². The molecule has 0 bridgehead atoms. The van der Waals surface area contributed by atoms with Crippen molar-refractivity contribution >= 4 is 50.7 Å². The molecule has 0 saturated carbocycles. The Morgan fingerprint density at radius 1 is 0.976 bits per heavy atom. The zero-order valence-corrected chi connectivity index (χ0v) is 26.1. The molecule has 3 rings (SSSR count). The van der Waals surface area contributed by atoms with Crippen LogP contribution in [0.25, 0.3) is 0 Å². The van der Waals surface area contributed by atoms with E-state index in [0.29, 0.717) is 12.2 Å². The highest BCUT2D eigenvalue weighted by atomic mass is 35.5. The van der Waals surface area contributed by atoms with Crippen LogP contribution in [-0.4, -0.2) is 50.9 Å². The van der Waals surface area contributed by atoms with E-state index in [9.17, 15) is 18.0 Å². The van der Waals surface area contributed by atoms with Gasteiger partial charge < -0.3 is 15.0 Å². The molecular formula is C30H35Cl2N3O5S. The van der Waals surface area contributed by atoms with Gasteiger partial charge in [-0.2, -0.15) is 0 Å². The van der Waals surface area contributed by atoms with Gasteiger partial charge in [0, 0.05) is 17.6 Å². The summed E-state index contributed by atoms with van der Waals surface area (Å²) >= 11 is 12.7. The number of rotatable bonds is 12. The number of amides is 2. The number of hydrogen-bond acceptors (Lipinski definition) is 5. The zero-order valence-electron chi connectivity index (χ0n) is 23.7. The highest BCUT2D eigenvalue weighted by molar-refractivity contribution is 7.92. The Labute approximate surface area is 252 Å². The summed E-state index contributed by atoms with van der Waals surface area (Å²) in [6.45, 7) is 6.71. The Hall–Kier alpha value is -3.27. The van der Waals surface area contributed by atoms with Crippen molar-refractivity contribution in [2.45, 2.75) is 57.6 Å². The van der Waals surface area contributed by atoms with Gasteiger partial charge in [-0.05, 0) is 75.2 Å². The molecule has 41 heavy (non-hydrogen) atoms. The van der Waals surface area contributed by atoms with E-state index >= 15 is 0 Å². The predicted octanol–water partition coefficient (Wildman–Crippen LogP) is 5.84. The summed E-state index contributed by atoms with van der Waals surface area (Å²) in [7, 11) is -2.71. The van der Waals surface area contributed by atoms with Crippen LogP contribution in [0.2, 0.25) is 10.0 Å². The van der Waals surface area contributed by atoms with E-state index in [0.717, 1.165) is 15.4 Å². The second-order valence-corrected chi connectivity index (χ2v) is 12.5. The molecule has 2 unspecified atom stereocenters. The van der Waals surface area contributed by atoms with E-state index in [1.54, 1.807) is 50.4 Å². The van der Waals surface area contributed by atoms with Crippen molar-refractivity contribution in [2.24, 2.45) is 0 Å². The second kappa shape index (κ2) is 14.1. The van der Waals surface area contributed by atoms with Crippen LogP contribution in [0.4, 0.5) is 5.69 Å². The number of aryl methyl sites for hydroxylation is 1. The number of ether oxygens (including phenoxy) is 1. The molecule has 1 N–H and O–H groups in total. The third kappa shape index (κ3) is 8.15. The number of sulfonamides is 1. The monoisotopic (exact) mass is 619 g/mol. The highest BCUT2D eigenvalue weighted by Crippen LogP contribution is 2.33. The van der Waals surface area contributed by atoms with E-state index in [2.05, 4.69) is 5.32 Å². The van der Waals surface area contributed by atoms with Crippen molar-refractivity contribution in [3.8, 4) is 5.75 Å². The van der Waals surface area contributed by atoms with Crippen LogP contribution in [0.3, 0.4) is 0 Å². The summed E-state index contributed by atoms with van der Waals surface area (Å²) in [4.78, 5) is 28.5. The molecule has 3 aromatic rings. The predicted molar refractivity (Wildman–Crippen MR) is 163 cm³/mol. The first-order valence-electron chi connectivity index (χ1n) is 13.1. The van der Waals surface area contributed by atoms with E-state index in [1.165, 1.54) is 35.2 Å². The molecule has 0 aliphatic heterocycles. The summed E-state index contributed by atoms with van der Waals surface area (Å²) in [5.41, 5.74) is 1.66. The number of anilines is 1. The first-order chi connectivity index (χ1) is 19.4. The molecule has 8 nitrogen and oxygen atoms in total. The number of nitrogens with one attached hydrogen (secondary N) is 1. The topological polar surface area (TPSA) is 96.0 Å². The van der Waals surface area contributed by atoms with Crippen LogP contribution >= 0.6 is 23.2 Å². The second-order valence-electron chi connectivity index (χ2n) is 9.78. The molecule has 0 aliphatic rings. The van der Waals surface area contributed by atoms with Gasteiger partial charge >= 0.3 is 0 Å². The van der Waals surface area contributed by atoms with E-state index in [1.807, 2.05) is 20.8 Å². The van der Waals surface area contributed by atoms with Gasteiger partial charge in [-0.1, -0.05) is 60.0 Å². The fourth-order valence-electron chi connectivity index (χ4n) is 4.00. The molecule has 0 fully saturated rings. The molecule has 0 saturated heterocycles. The summed E-state index contributed by atoms with van der Waals surface area (Å²) in [6, 6.07) is 16.7. The third-order valence-corrected chi connectivity index (χ3v) is 9.07. The van der Waals surface area contributed by atoms with Crippen molar-refractivity contribution in [2.75, 3.05) is 18.0 Å². The van der Waals surface area contributed by atoms with Crippen molar-refractivity contribution in [3.05, 3.63) is 87.9 Å². The van der Waals surface area contributed by atoms with Crippen molar-refractivity contribution in [1.29, 1.82) is 0 Å². The van der Waals surface area contributed by atoms with Crippen LogP contribution in [0.1, 0.15) is 38.3 Å². The third-order valence-electron chi connectivity index (χ3n) is 6.75. The van der Waals surface area contributed by atoms with Crippen LogP contribution < -0.4 is 14.4 Å². The number of carbonyl (C=O) groups excluding carboxylic acids is 2. The van der Waals surface area contributed by atoms with Crippen molar-refractivity contribution < 1.29 is 22.7 Å². The summed E-state index contributed by atoms with van der Waals surface area (Å²) < 4.78 is 34.1. The zero-order chi connectivity index (χ0) is 30.3. The van der Waals surface area contributed by atoms with Crippen LogP contribution in [0.15, 0.2) is 71.6 Å². The molecule has 2 amide bonds. The number of benzene rings is 3. The lowest BCUT2D eigenvalue weighted by Gasteiger charge is -2.32. The number of halogens is 2. The standard InChI is InChI=1S/C30H35Cl2N3O5S/c1-6-21(3)33-30(37)22(4)34(18-23-9-12-25(40-5)13-10-23)29(36)19-35(28-17-24(31)11-16-27(28)32)41(38,39)26-14-7-20(2)8-15-26/h7-17,21-22H,6,18-19H2,1-5H3,(H,33,37). The first-order valence-corrected chi connectivity index (χ1v) is 15.3. The van der Waals surface area contributed by atoms with Gasteiger partial charge in [0.2, 0.25) is 11.8 Å². The number of carbonyl (C=O) groups is 2. The lowest BCUT2D eigenvalue weighted by Crippen LogP contribution is -2.52. The Morgan fingerprint density at radius 3 is 2.20 bits per heavy atom. The smallest absolute Gasteiger partial charge is 0.264 e. The summed E-state index contributed by atoms with van der Waals surface area (Å²) in [5, 5.41) is 3.26. The van der Waals surface area contributed by atoms with Gasteiger partial charge in [0.05, 0.1) is 22.7 Å². The minimum absolute atomic E-state index is 0.0174. The molecule has 220 valence electrons. The molecular weight excluding hydrogens is 585 g/mol. The quantitative estimate of drug-likeness (QED) is 0.275. The minimum Gasteiger partial charge on any atom is -0.497 e. The van der Waals surface area contributed by atoms with Crippen LogP contribution in [0, 0.1) is 6.92 Å². The van der Waals surface area contributed by atoms with Gasteiger partial charge in [-0.25, -0.2) is 8.42 Å². The van der Waals surface area contributed by atoms with Crippen molar-refractivity contribution in [1.82, 2.24) is 10.2 Å². The number of nitrogens with zero attached hydrogens (tertiary/aromatic N) is 2. The molecule has 0 aliphatic carbocycles. The van der Waals surface area contributed by atoms with Gasteiger partial charge in [0.1, 0.15) is 18.3 Å². The van der Waals surface area contributed by atoms with Crippen molar-refractivity contribution in [3.63, 3.8) is 0 Å². The van der Waals surface area contributed by atoms with E-state index < -0.39 is 28.5 Å². The van der Waals surface area contributed by atoms with Crippen LogP contribution in [0.5, 0.6) is 5.75 Å². The maximum atomic E-state index is 14.0. The lowest BCUT2D eigenvalue weighted by molar-refractivity contribution is -0.139. The molecule has 0 heterocycles. The minimum atomic E-state index is -4.26. The number of methoxy groups -OCH3 is 1. The Morgan fingerprint density at radius 2 is 1.61 bits per heavy atom. The molecule has 3 aromatic carbocycles.